The minimum atomic E-state index is -4.60. The Balaban J connectivity index is 1.38. The van der Waals surface area contributed by atoms with Gasteiger partial charge in [0.15, 0.2) is 5.13 Å². The van der Waals surface area contributed by atoms with Gasteiger partial charge in [-0.3, -0.25) is 4.79 Å². The van der Waals surface area contributed by atoms with Crippen molar-refractivity contribution in [1.82, 2.24) is 25.2 Å². The van der Waals surface area contributed by atoms with Crippen molar-refractivity contribution in [1.29, 1.82) is 0 Å². The van der Waals surface area contributed by atoms with E-state index in [0.717, 1.165) is 43.2 Å². The summed E-state index contributed by atoms with van der Waals surface area (Å²) in [5.74, 6) is -0.496. The number of halogens is 3. The Morgan fingerprint density at radius 3 is 2.60 bits per heavy atom. The van der Waals surface area contributed by atoms with Crippen LogP contribution in [0.4, 0.5) is 35.1 Å². The molecule has 2 aliphatic heterocycles. The second-order valence-electron chi connectivity index (χ2n) is 8.59. The number of hydrogen-bond donors (Lipinski definition) is 3. The van der Waals surface area contributed by atoms with Crippen LogP contribution in [0.1, 0.15) is 17.7 Å². The predicted molar refractivity (Wildman–Crippen MR) is 127 cm³/mol. The van der Waals surface area contributed by atoms with Crippen LogP contribution in [-0.4, -0.2) is 85.3 Å². The van der Waals surface area contributed by atoms with E-state index in [-0.39, 0.29) is 30.1 Å². The smallest absolute Gasteiger partial charge is 0.380 e. The average molecular weight is 515 g/mol. The standard InChI is InChI=1S/C21H29F3N8O2S/c1-13-18(35-20(28-13)32-8-6-31(2)7-9-32)30-19-27-10-15(21(22,23)24)16(29-19)25-4-3-5-26-17(33)14-11-34-12-14/h10,14H,3-9,11-12H2,1-2H3,(H,26,33)(H2,25,27,29,30). The number of carbonyl (C=O) groups is 1. The van der Waals surface area contributed by atoms with Gasteiger partial charge in [0.2, 0.25) is 11.9 Å². The van der Waals surface area contributed by atoms with Crippen molar-refractivity contribution in [2.45, 2.75) is 19.5 Å². The lowest BCUT2D eigenvalue weighted by atomic mass is 10.1. The van der Waals surface area contributed by atoms with Crippen LogP contribution in [0.3, 0.4) is 0 Å². The van der Waals surface area contributed by atoms with Gasteiger partial charge in [-0.15, -0.1) is 0 Å². The summed E-state index contributed by atoms with van der Waals surface area (Å²) in [5.41, 5.74) is -0.215. The molecule has 192 valence electrons. The molecule has 0 saturated carbocycles. The van der Waals surface area contributed by atoms with Crippen molar-refractivity contribution in [3.63, 3.8) is 0 Å². The normalized spacial score (nSPS) is 17.2. The van der Waals surface area contributed by atoms with Crippen LogP contribution >= 0.6 is 11.3 Å². The molecule has 2 aromatic heterocycles. The Labute approximate surface area is 205 Å². The van der Waals surface area contributed by atoms with Crippen molar-refractivity contribution < 1.29 is 22.7 Å². The van der Waals surface area contributed by atoms with Crippen molar-refractivity contribution >= 4 is 39.1 Å². The number of amides is 1. The molecule has 10 nitrogen and oxygen atoms in total. The molecule has 1 amide bonds. The number of thiazole rings is 1. The fraction of sp³-hybridized carbons (Fsp3) is 0.619. The molecule has 0 bridgehead atoms. The summed E-state index contributed by atoms with van der Waals surface area (Å²) in [6, 6.07) is 0. The predicted octanol–water partition coefficient (Wildman–Crippen LogP) is 2.32. The number of hydrogen-bond acceptors (Lipinski definition) is 10. The van der Waals surface area contributed by atoms with Crippen molar-refractivity contribution in [2.75, 3.05) is 75.1 Å². The molecule has 35 heavy (non-hydrogen) atoms. The van der Waals surface area contributed by atoms with Gasteiger partial charge in [-0.1, -0.05) is 11.3 Å². The lowest BCUT2D eigenvalue weighted by Crippen LogP contribution is -2.44. The van der Waals surface area contributed by atoms with E-state index in [1.165, 1.54) is 11.3 Å². The van der Waals surface area contributed by atoms with Crippen LogP contribution in [0.15, 0.2) is 6.20 Å². The Morgan fingerprint density at radius 1 is 1.20 bits per heavy atom. The second-order valence-corrected chi connectivity index (χ2v) is 9.56. The maximum absolute atomic E-state index is 13.5. The minimum Gasteiger partial charge on any atom is -0.380 e. The molecular formula is C21H29F3N8O2S. The first-order valence-corrected chi connectivity index (χ1v) is 12.2. The first-order valence-electron chi connectivity index (χ1n) is 11.4. The Bertz CT molecular complexity index is 1020. The highest BCUT2D eigenvalue weighted by atomic mass is 32.1. The van der Waals surface area contributed by atoms with Gasteiger partial charge in [0.25, 0.3) is 0 Å². The number of alkyl halides is 3. The van der Waals surface area contributed by atoms with Gasteiger partial charge in [-0.05, 0) is 20.4 Å². The molecule has 2 saturated heterocycles. The van der Waals surface area contributed by atoms with E-state index in [0.29, 0.717) is 31.2 Å². The molecule has 0 atom stereocenters. The number of likely N-dealkylation sites (N-methyl/N-ethyl adjacent to an activating group) is 1. The Kier molecular flexibility index (Phi) is 7.91. The fourth-order valence-corrected chi connectivity index (χ4v) is 4.57. The van der Waals surface area contributed by atoms with Crippen molar-refractivity contribution in [3.8, 4) is 0 Å². The Hall–Kier alpha value is -2.71. The number of aryl methyl sites for hydroxylation is 1. The van der Waals surface area contributed by atoms with E-state index in [9.17, 15) is 18.0 Å². The van der Waals surface area contributed by atoms with E-state index >= 15 is 0 Å². The number of nitrogens with one attached hydrogen (secondary N) is 3. The van der Waals surface area contributed by atoms with Crippen LogP contribution in [-0.2, 0) is 15.7 Å². The van der Waals surface area contributed by atoms with Gasteiger partial charge >= 0.3 is 6.18 Å². The molecule has 0 spiro atoms. The maximum atomic E-state index is 13.5. The summed E-state index contributed by atoms with van der Waals surface area (Å²) in [6.07, 6.45) is -3.40. The number of nitrogens with zero attached hydrogens (tertiary/aromatic N) is 5. The molecule has 2 aromatic rings. The molecule has 2 fully saturated rings. The quantitative estimate of drug-likeness (QED) is 0.435. The van der Waals surface area contributed by atoms with Crippen molar-refractivity contribution in [3.05, 3.63) is 17.5 Å². The largest absolute Gasteiger partial charge is 0.421 e. The van der Waals surface area contributed by atoms with E-state index in [4.69, 9.17) is 4.74 Å². The van der Waals surface area contributed by atoms with Gasteiger partial charge in [0.05, 0.1) is 24.8 Å². The molecule has 0 aliphatic carbocycles. The molecule has 0 radical (unpaired) electrons. The van der Waals surface area contributed by atoms with Crippen LogP contribution in [0.25, 0.3) is 0 Å². The van der Waals surface area contributed by atoms with Gasteiger partial charge < -0.3 is 30.5 Å². The van der Waals surface area contributed by atoms with Gasteiger partial charge in [0.1, 0.15) is 16.4 Å². The first kappa shape index (κ1) is 25.4. The molecule has 0 unspecified atom stereocenters. The molecular weight excluding hydrogens is 485 g/mol. The minimum absolute atomic E-state index is 0.0514. The van der Waals surface area contributed by atoms with Crippen LogP contribution in [0.2, 0.25) is 0 Å². The SMILES string of the molecule is Cc1nc(N2CCN(C)CC2)sc1Nc1ncc(C(F)(F)F)c(NCCCNC(=O)C2COC2)n1. The third-order valence-electron chi connectivity index (χ3n) is 5.83. The number of piperazine rings is 1. The number of aromatic nitrogens is 3. The lowest BCUT2D eigenvalue weighted by Gasteiger charge is -2.32. The molecule has 2 aliphatic rings. The fourth-order valence-electron chi connectivity index (χ4n) is 3.56. The summed E-state index contributed by atoms with van der Waals surface area (Å²) >= 11 is 1.43. The van der Waals surface area contributed by atoms with Crippen LogP contribution < -0.4 is 20.9 Å². The van der Waals surface area contributed by atoms with Gasteiger partial charge in [0, 0.05) is 45.5 Å². The summed E-state index contributed by atoms with van der Waals surface area (Å²) in [4.78, 5) is 28.8. The highest BCUT2D eigenvalue weighted by Crippen LogP contribution is 2.36. The summed E-state index contributed by atoms with van der Waals surface area (Å²) in [5, 5.41) is 10.1. The Morgan fingerprint density at radius 2 is 1.94 bits per heavy atom. The van der Waals surface area contributed by atoms with E-state index in [2.05, 4.69) is 47.7 Å². The number of carbonyl (C=O) groups excluding carboxylic acids is 1. The molecule has 4 heterocycles. The number of ether oxygens (including phenoxy) is 1. The monoisotopic (exact) mass is 514 g/mol. The highest BCUT2D eigenvalue weighted by Gasteiger charge is 2.35. The second kappa shape index (κ2) is 10.9. The zero-order valence-electron chi connectivity index (χ0n) is 19.6. The van der Waals surface area contributed by atoms with Gasteiger partial charge in [-0.2, -0.15) is 18.2 Å². The zero-order valence-corrected chi connectivity index (χ0v) is 20.4. The third-order valence-corrected chi connectivity index (χ3v) is 6.97. The van der Waals surface area contributed by atoms with Crippen LogP contribution in [0.5, 0.6) is 0 Å². The van der Waals surface area contributed by atoms with Crippen LogP contribution in [0, 0.1) is 12.8 Å². The maximum Gasteiger partial charge on any atom is 0.421 e. The topological polar surface area (TPSA) is 108 Å². The van der Waals surface area contributed by atoms with Gasteiger partial charge in [-0.25, -0.2) is 9.97 Å². The first-order chi connectivity index (χ1) is 16.7. The summed E-state index contributed by atoms with van der Waals surface area (Å²) < 4.78 is 45.5. The third kappa shape index (κ3) is 6.49. The lowest BCUT2D eigenvalue weighted by molar-refractivity contribution is -0.139. The zero-order chi connectivity index (χ0) is 25.0. The summed E-state index contributed by atoms with van der Waals surface area (Å²) in [7, 11) is 2.08. The average Bonchev–Trinajstić information content (AvgIpc) is 3.12. The number of rotatable bonds is 9. The molecule has 3 N–H and O–H groups in total. The molecule has 0 aromatic carbocycles. The molecule has 4 rings (SSSR count). The summed E-state index contributed by atoms with van der Waals surface area (Å²) in [6.45, 7) is 6.81. The van der Waals surface area contributed by atoms with E-state index in [1.807, 2.05) is 6.92 Å². The van der Waals surface area contributed by atoms with E-state index < -0.39 is 11.7 Å². The number of anilines is 4. The van der Waals surface area contributed by atoms with E-state index in [1.54, 1.807) is 0 Å². The molecule has 14 heteroatoms. The highest BCUT2D eigenvalue weighted by molar-refractivity contribution is 7.19. The van der Waals surface area contributed by atoms with Crippen molar-refractivity contribution in [2.24, 2.45) is 5.92 Å².